The summed E-state index contributed by atoms with van der Waals surface area (Å²) in [6.45, 7) is -0.463. The van der Waals surface area contributed by atoms with E-state index in [0.717, 1.165) is 0 Å². The summed E-state index contributed by atoms with van der Waals surface area (Å²) in [5, 5.41) is 34.8. The molecule has 77 valence electrons. The van der Waals surface area contributed by atoms with Crippen LogP contribution in [0.4, 0.5) is 0 Å². The topological polar surface area (TPSA) is 80.9 Å². The van der Waals surface area contributed by atoms with Crippen LogP contribution in [0.2, 0.25) is 0 Å². The minimum Gasteiger partial charge on any atom is -0.394 e. The molecule has 0 aromatic rings. The predicted octanol–water partition coefficient (Wildman–Crippen LogP) is -1.31. The van der Waals surface area contributed by atoms with Crippen molar-refractivity contribution in [1.29, 1.82) is 0 Å². The SMILES string of the molecule is OCC(O)CS[B]SCC(O)CO. The van der Waals surface area contributed by atoms with Gasteiger partial charge in [-0.15, -0.1) is 0 Å². The summed E-state index contributed by atoms with van der Waals surface area (Å²) < 4.78 is 0. The maximum Gasteiger partial charge on any atom is 0.267 e. The second-order valence-corrected chi connectivity index (χ2v) is 4.54. The molecule has 4 nitrogen and oxygen atoms in total. The highest BCUT2D eigenvalue weighted by Gasteiger charge is 2.04. The van der Waals surface area contributed by atoms with Gasteiger partial charge in [0.1, 0.15) is 0 Å². The first-order valence-electron chi connectivity index (χ1n) is 3.83. The van der Waals surface area contributed by atoms with Crippen molar-refractivity contribution < 1.29 is 20.4 Å². The smallest absolute Gasteiger partial charge is 0.267 e. The number of hydrogen-bond donors (Lipinski definition) is 4. The Bertz CT molecular complexity index is 107. The number of aliphatic hydroxyl groups excluding tert-OH is 4. The van der Waals surface area contributed by atoms with Gasteiger partial charge in [-0.1, -0.05) is 0 Å². The Morgan fingerprint density at radius 3 is 1.62 bits per heavy atom. The summed E-state index contributed by atoms with van der Waals surface area (Å²) in [6, 6.07) is 0. The van der Waals surface area contributed by atoms with Crippen molar-refractivity contribution in [2.24, 2.45) is 0 Å². The maximum atomic E-state index is 8.92. The molecule has 0 fully saturated rings. The molecule has 0 aliphatic heterocycles. The predicted molar refractivity (Wildman–Crippen MR) is 56.9 cm³/mol. The van der Waals surface area contributed by atoms with E-state index in [2.05, 4.69) is 0 Å². The van der Waals surface area contributed by atoms with Crippen molar-refractivity contribution in [1.82, 2.24) is 0 Å². The number of hydrogen-bond acceptors (Lipinski definition) is 6. The summed E-state index contributed by atoms with van der Waals surface area (Å²) >= 11 is 2.75. The average molecular weight is 225 g/mol. The fourth-order valence-electron chi connectivity index (χ4n) is 0.454. The van der Waals surface area contributed by atoms with Crippen LogP contribution in [-0.4, -0.2) is 63.2 Å². The van der Waals surface area contributed by atoms with Gasteiger partial charge in [0.05, 0.1) is 25.4 Å². The van der Waals surface area contributed by atoms with Crippen molar-refractivity contribution in [3.05, 3.63) is 0 Å². The molecule has 13 heavy (non-hydrogen) atoms. The zero-order valence-electron chi connectivity index (χ0n) is 7.17. The van der Waals surface area contributed by atoms with Gasteiger partial charge in [0, 0.05) is 11.5 Å². The highest BCUT2D eigenvalue weighted by molar-refractivity contribution is 8.50. The van der Waals surface area contributed by atoms with E-state index in [4.69, 9.17) is 20.4 Å². The zero-order valence-corrected chi connectivity index (χ0v) is 8.80. The lowest BCUT2D eigenvalue weighted by Gasteiger charge is -2.07. The second kappa shape index (κ2) is 9.17. The first kappa shape index (κ1) is 13.6. The van der Waals surface area contributed by atoms with Crippen LogP contribution < -0.4 is 0 Å². The molecule has 0 saturated heterocycles. The summed E-state index contributed by atoms with van der Waals surface area (Å²) in [5.74, 6) is 2.66. The van der Waals surface area contributed by atoms with Gasteiger partial charge in [0.2, 0.25) is 0 Å². The van der Waals surface area contributed by atoms with E-state index in [1.54, 1.807) is 5.84 Å². The molecule has 0 aromatic heterocycles. The molecular formula is C6H14BO4S2. The minimum atomic E-state index is -0.690. The molecule has 0 aromatic carbocycles. The van der Waals surface area contributed by atoms with Crippen LogP contribution in [0.5, 0.6) is 0 Å². The fourth-order valence-corrected chi connectivity index (χ4v) is 2.12. The van der Waals surface area contributed by atoms with Crippen LogP contribution in [-0.2, 0) is 0 Å². The van der Waals surface area contributed by atoms with Gasteiger partial charge in [-0.3, -0.25) is 0 Å². The van der Waals surface area contributed by atoms with Gasteiger partial charge >= 0.3 is 0 Å². The first-order valence-corrected chi connectivity index (χ1v) is 5.93. The third kappa shape index (κ3) is 8.92. The fraction of sp³-hybridized carbons (Fsp3) is 1.00. The van der Waals surface area contributed by atoms with Crippen molar-refractivity contribution in [2.45, 2.75) is 12.2 Å². The lowest BCUT2D eigenvalue weighted by atomic mass is 10.4. The summed E-state index contributed by atoms with van der Waals surface area (Å²) in [6.07, 6.45) is -1.38. The number of aliphatic hydroxyl groups is 4. The van der Waals surface area contributed by atoms with Crippen LogP contribution in [0, 0.1) is 0 Å². The lowest BCUT2D eigenvalue weighted by molar-refractivity contribution is 0.113. The minimum absolute atomic E-state index is 0.231. The van der Waals surface area contributed by atoms with E-state index in [0.29, 0.717) is 11.5 Å². The van der Waals surface area contributed by atoms with Crippen molar-refractivity contribution in [2.75, 3.05) is 24.7 Å². The van der Waals surface area contributed by atoms with E-state index in [1.807, 2.05) is 0 Å². The molecule has 0 aliphatic rings. The van der Waals surface area contributed by atoms with Crippen LogP contribution in [0.3, 0.4) is 0 Å². The van der Waals surface area contributed by atoms with Gasteiger partial charge in [0.25, 0.3) is 5.84 Å². The van der Waals surface area contributed by atoms with Gasteiger partial charge in [-0.25, -0.2) is 0 Å². The van der Waals surface area contributed by atoms with Crippen LogP contribution in [0.25, 0.3) is 0 Å². The molecule has 1 radical (unpaired) electrons. The number of rotatable bonds is 8. The monoisotopic (exact) mass is 225 g/mol. The second-order valence-electron chi connectivity index (χ2n) is 2.44. The molecule has 0 saturated carbocycles. The Kier molecular flexibility index (Phi) is 9.60. The van der Waals surface area contributed by atoms with Gasteiger partial charge in [0.15, 0.2) is 0 Å². The van der Waals surface area contributed by atoms with Crippen LogP contribution in [0.15, 0.2) is 0 Å². The highest BCUT2D eigenvalue weighted by atomic mass is 32.2. The van der Waals surface area contributed by atoms with Crippen molar-refractivity contribution >= 4 is 29.1 Å². The maximum absolute atomic E-state index is 8.92. The Balaban J connectivity index is 3.08. The van der Waals surface area contributed by atoms with Crippen molar-refractivity contribution in [3.63, 3.8) is 0 Å². The molecule has 2 atom stereocenters. The molecule has 7 heteroatoms. The van der Waals surface area contributed by atoms with Gasteiger partial charge in [-0.05, 0) is 0 Å². The zero-order chi connectivity index (χ0) is 10.1. The molecular weight excluding hydrogens is 211 g/mol. The quantitative estimate of drug-likeness (QED) is 0.303. The first-order chi connectivity index (χ1) is 6.20. The standard InChI is InChI=1S/C6H14BO4S2/c8-1-5(10)3-12-7-13-4-6(11)2-9/h5-6,8-11H,1-4H2. The molecule has 0 amide bonds. The molecule has 4 N–H and O–H groups in total. The average Bonchev–Trinajstić information content (AvgIpc) is 2.16. The third-order valence-electron chi connectivity index (χ3n) is 1.13. The molecule has 0 aliphatic carbocycles. The largest absolute Gasteiger partial charge is 0.394 e. The third-order valence-corrected chi connectivity index (χ3v) is 3.38. The Hall–Kier alpha value is 0.605. The van der Waals surface area contributed by atoms with Gasteiger partial charge in [-0.2, -0.15) is 23.2 Å². The Labute approximate surface area is 86.8 Å². The molecule has 2 unspecified atom stereocenters. The van der Waals surface area contributed by atoms with Crippen molar-refractivity contribution in [3.8, 4) is 0 Å². The lowest BCUT2D eigenvalue weighted by Crippen LogP contribution is -2.16. The normalized spacial score (nSPS) is 15.4. The summed E-state index contributed by atoms with van der Waals surface area (Å²) in [4.78, 5) is 0. The summed E-state index contributed by atoms with van der Waals surface area (Å²) in [7, 11) is 0. The van der Waals surface area contributed by atoms with E-state index < -0.39 is 12.2 Å². The molecule has 0 rings (SSSR count). The summed E-state index contributed by atoms with van der Waals surface area (Å²) in [5.41, 5.74) is 0. The molecule has 0 heterocycles. The van der Waals surface area contributed by atoms with Crippen LogP contribution >= 0.6 is 23.2 Å². The Morgan fingerprint density at radius 1 is 0.923 bits per heavy atom. The highest BCUT2D eigenvalue weighted by Crippen LogP contribution is 2.10. The van der Waals surface area contributed by atoms with Gasteiger partial charge < -0.3 is 20.4 Å². The van der Waals surface area contributed by atoms with E-state index >= 15 is 0 Å². The van der Waals surface area contributed by atoms with E-state index in [9.17, 15) is 0 Å². The van der Waals surface area contributed by atoms with Crippen LogP contribution in [0.1, 0.15) is 0 Å². The molecule has 0 spiro atoms. The van der Waals surface area contributed by atoms with E-state index in [1.165, 1.54) is 23.2 Å². The van der Waals surface area contributed by atoms with E-state index in [-0.39, 0.29) is 13.2 Å². The molecule has 0 bridgehead atoms. The Morgan fingerprint density at radius 2 is 1.31 bits per heavy atom.